The van der Waals surface area contributed by atoms with Gasteiger partial charge < -0.3 is 15.6 Å². The van der Waals surface area contributed by atoms with E-state index in [1.165, 1.54) is 30.3 Å². The van der Waals surface area contributed by atoms with Crippen LogP contribution in [0.2, 0.25) is 10.0 Å². The molecule has 1 aromatic heterocycles. The molecule has 54 heavy (non-hydrogen) atoms. The number of phenols is 1. The molecule has 2 aliphatic carbocycles. The Morgan fingerprint density at radius 1 is 0.963 bits per heavy atom. The first-order chi connectivity index (χ1) is 25.2. The topological polar surface area (TPSA) is 172 Å². The van der Waals surface area contributed by atoms with Gasteiger partial charge in [-0.2, -0.15) is 23.1 Å². The highest BCUT2D eigenvalue weighted by molar-refractivity contribution is 6.33. The molecule has 4 N–H and O–H groups in total. The second-order valence-corrected chi connectivity index (χ2v) is 13.9. The van der Waals surface area contributed by atoms with E-state index in [9.17, 15) is 50.6 Å². The molecule has 0 spiro atoms. The van der Waals surface area contributed by atoms with Crippen molar-refractivity contribution in [1.82, 2.24) is 14.9 Å². The Bertz CT molecular complexity index is 2180. The lowest BCUT2D eigenvalue weighted by Gasteiger charge is -2.50. The van der Waals surface area contributed by atoms with E-state index in [2.05, 4.69) is 15.1 Å². The predicted molar refractivity (Wildman–Crippen MR) is 173 cm³/mol. The number of nitrogens with two attached hydrogens (primary N) is 1. The lowest BCUT2D eigenvalue weighted by Crippen LogP contribution is -2.53. The number of rotatable bonds is 5. The molecule has 0 unspecified atom stereocenters. The van der Waals surface area contributed by atoms with Crippen molar-refractivity contribution in [1.29, 1.82) is 0 Å². The number of urea groups is 1. The van der Waals surface area contributed by atoms with E-state index < -0.39 is 105 Å². The summed E-state index contributed by atoms with van der Waals surface area (Å²) < 4.78 is 84.8. The molecular formula is C34H23Cl2F6N5O7. The second-order valence-electron chi connectivity index (χ2n) is 13.0. The number of hydrogen-bond acceptors (Lipinski definition) is 9. The largest absolute Gasteiger partial charge is 0.573 e. The first-order valence-corrected chi connectivity index (χ1v) is 16.6. The smallest absolute Gasteiger partial charge is 0.508 e. The molecule has 7 rings (SSSR count). The number of nitrogens with one attached hydrogen (secondary N) is 1. The standard InChI is InChI=1S/C34H23Cl2F6N5O7/c35-15-3-1-13(2-4-15)32-21(28(50)47(30(32)52)45-26-22(36)9-14(12-44-26)33(37,38)39)11-19-17(6-7-18-24(19)29(51)46(27(18)49)31(43)53)25(32)20-10-16(5-8-23(20)48)54-34(40,41)42/h1-6,8-10,12,18-19,21,24-25,48H,7,11H2,(H2,43,53)(H,44,45)/t18-,19+,21-,24-,25+,32+/m0/s1. The molecule has 3 fully saturated rings. The normalized spacial score (nSPS) is 26.7. The van der Waals surface area contributed by atoms with E-state index in [-0.39, 0.29) is 39.5 Å². The third-order valence-electron chi connectivity index (χ3n) is 10.3. The van der Waals surface area contributed by atoms with E-state index in [4.69, 9.17) is 28.9 Å². The minimum Gasteiger partial charge on any atom is -0.508 e. The Kier molecular flexibility index (Phi) is 8.64. The molecule has 0 radical (unpaired) electrons. The van der Waals surface area contributed by atoms with Gasteiger partial charge in [-0.25, -0.2) is 9.78 Å². The van der Waals surface area contributed by atoms with Gasteiger partial charge in [0.2, 0.25) is 11.8 Å². The second kappa shape index (κ2) is 12.6. The molecule has 20 heteroatoms. The molecule has 1 saturated carbocycles. The summed E-state index contributed by atoms with van der Waals surface area (Å²) >= 11 is 12.3. The molecule has 2 saturated heterocycles. The van der Waals surface area contributed by atoms with Crippen LogP contribution in [-0.2, 0) is 30.8 Å². The highest BCUT2D eigenvalue weighted by atomic mass is 35.5. The maximum Gasteiger partial charge on any atom is 0.573 e. The van der Waals surface area contributed by atoms with Crippen LogP contribution >= 0.6 is 23.2 Å². The number of anilines is 1. The number of primary amides is 1. The van der Waals surface area contributed by atoms with Crippen LogP contribution in [0, 0.1) is 23.7 Å². The number of ether oxygens (including phenoxy) is 1. The Balaban J connectivity index is 1.47. The number of hydrogen-bond donors (Lipinski definition) is 3. The van der Waals surface area contributed by atoms with Crippen molar-refractivity contribution in [2.45, 2.75) is 36.7 Å². The van der Waals surface area contributed by atoms with Crippen molar-refractivity contribution in [3.05, 3.63) is 93.1 Å². The molecule has 12 nitrogen and oxygen atoms in total. The van der Waals surface area contributed by atoms with Gasteiger partial charge in [-0.1, -0.05) is 47.0 Å². The number of aromatic hydroxyl groups is 1. The molecule has 282 valence electrons. The van der Waals surface area contributed by atoms with Crippen LogP contribution in [0.3, 0.4) is 0 Å². The van der Waals surface area contributed by atoms with E-state index >= 15 is 4.79 Å². The Hall–Kier alpha value is -5.36. The first-order valence-electron chi connectivity index (χ1n) is 15.8. The average Bonchev–Trinajstić information content (AvgIpc) is 3.46. The van der Waals surface area contributed by atoms with Gasteiger partial charge in [-0.15, -0.1) is 13.2 Å². The van der Waals surface area contributed by atoms with Crippen LogP contribution < -0.4 is 15.9 Å². The van der Waals surface area contributed by atoms with Crippen molar-refractivity contribution in [3.63, 3.8) is 0 Å². The summed E-state index contributed by atoms with van der Waals surface area (Å²) in [6.07, 6.45) is -8.78. The maximum absolute atomic E-state index is 15.1. The van der Waals surface area contributed by atoms with Crippen LogP contribution in [0.25, 0.3) is 0 Å². The number of fused-ring (bicyclic) bond motifs is 4. The summed E-state index contributed by atoms with van der Waals surface area (Å²) in [5, 5.41) is 11.3. The fourth-order valence-electron chi connectivity index (χ4n) is 8.31. The van der Waals surface area contributed by atoms with Gasteiger partial charge in [0, 0.05) is 22.7 Å². The summed E-state index contributed by atoms with van der Waals surface area (Å²) in [6, 6.07) is 7.12. The fourth-order valence-corrected chi connectivity index (χ4v) is 8.64. The molecule has 3 aromatic rings. The number of aromatic nitrogens is 1. The van der Waals surface area contributed by atoms with Crippen LogP contribution in [0.15, 0.2) is 66.4 Å². The van der Waals surface area contributed by atoms with Crippen LogP contribution in [0.5, 0.6) is 11.5 Å². The van der Waals surface area contributed by atoms with Gasteiger partial charge in [-0.05, 0) is 60.7 Å². The number of benzene rings is 2. The van der Waals surface area contributed by atoms with Crippen molar-refractivity contribution >= 4 is 58.7 Å². The number of nitrogens with zero attached hydrogens (tertiary/aromatic N) is 3. The van der Waals surface area contributed by atoms with Gasteiger partial charge in [0.25, 0.3) is 11.8 Å². The number of imide groups is 4. The predicted octanol–water partition coefficient (Wildman–Crippen LogP) is 6.08. The van der Waals surface area contributed by atoms with Crippen LogP contribution in [-0.4, -0.2) is 56.0 Å². The number of amides is 6. The number of carbonyl (C=O) groups is 5. The van der Waals surface area contributed by atoms with E-state index in [0.717, 1.165) is 18.2 Å². The fraction of sp³-hybridized carbons (Fsp3) is 0.294. The minimum atomic E-state index is -5.21. The highest BCUT2D eigenvalue weighted by Crippen LogP contribution is 2.65. The van der Waals surface area contributed by atoms with Gasteiger partial charge >= 0.3 is 18.6 Å². The number of pyridine rings is 1. The van der Waals surface area contributed by atoms with Crippen LogP contribution in [0.4, 0.5) is 37.0 Å². The summed E-state index contributed by atoms with van der Waals surface area (Å²) in [5.41, 5.74) is 4.19. The number of allylic oxidation sites excluding steroid dienone is 2. The molecule has 3 heterocycles. The monoisotopic (exact) mass is 797 g/mol. The average molecular weight is 798 g/mol. The Morgan fingerprint density at radius 2 is 1.65 bits per heavy atom. The summed E-state index contributed by atoms with van der Waals surface area (Å²) in [5.74, 6) is -12.9. The molecule has 4 aliphatic rings. The SMILES string of the molecule is NC(=O)N1C(=O)[C@H]2[C@H](CC=C3[C@H]2C[C@H]2C(=O)N(Nc4ncc(C(F)(F)F)cc4Cl)C(=O)[C@@]2(c2ccc(Cl)cc2)[C@H]3c2cc(OC(F)(F)F)ccc2O)C1=O. The minimum absolute atomic E-state index is 0.0617. The van der Waals surface area contributed by atoms with E-state index in [0.29, 0.717) is 17.3 Å². The van der Waals surface area contributed by atoms with Crippen molar-refractivity contribution in [2.75, 3.05) is 5.43 Å². The lowest BCUT2D eigenvalue weighted by molar-refractivity contribution is -0.274. The third kappa shape index (κ3) is 5.69. The zero-order chi connectivity index (χ0) is 39.2. The lowest BCUT2D eigenvalue weighted by atomic mass is 9.49. The molecule has 0 bridgehead atoms. The number of hydrazine groups is 1. The van der Waals surface area contributed by atoms with Gasteiger partial charge in [0.15, 0.2) is 5.82 Å². The van der Waals surface area contributed by atoms with Gasteiger partial charge in [0.1, 0.15) is 11.5 Å². The summed E-state index contributed by atoms with van der Waals surface area (Å²) in [7, 11) is 0. The maximum atomic E-state index is 15.1. The van der Waals surface area contributed by atoms with Crippen LogP contribution in [0.1, 0.15) is 35.4 Å². The Labute approximate surface area is 309 Å². The number of halogens is 8. The number of carbonyl (C=O) groups excluding carboxylic acids is 5. The van der Waals surface area contributed by atoms with Gasteiger partial charge in [-0.3, -0.25) is 24.6 Å². The third-order valence-corrected chi connectivity index (χ3v) is 10.9. The van der Waals surface area contributed by atoms with E-state index in [1.807, 2.05) is 0 Å². The molecule has 2 aromatic carbocycles. The quantitative estimate of drug-likeness (QED) is 0.157. The summed E-state index contributed by atoms with van der Waals surface area (Å²) in [6.45, 7) is 0. The molecular weight excluding hydrogens is 775 g/mol. The zero-order valence-corrected chi connectivity index (χ0v) is 28.4. The molecule has 6 amide bonds. The van der Waals surface area contributed by atoms with Crippen molar-refractivity contribution < 1.29 is 60.2 Å². The molecule has 6 atom stereocenters. The van der Waals surface area contributed by atoms with Crippen molar-refractivity contribution in [2.24, 2.45) is 29.4 Å². The highest BCUT2D eigenvalue weighted by Gasteiger charge is 2.71. The number of likely N-dealkylation sites (tertiary alicyclic amines) is 1. The van der Waals surface area contributed by atoms with Crippen molar-refractivity contribution in [3.8, 4) is 11.5 Å². The van der Waals surface area contributed by atoms with Gasteiger partial charge in [0.05, 0.1) is 33.8 Å². The Morgan fingerprint density at radius 3 is 2.26 bits per heavy atom. The first kappa shape index (κ1) is 37.0. The number of alkyl halides is 6. The van der Waals surface area contributed by atoms with E-state index in [1.54, 1.807) is 0 Å². The molecule has 2 aliphatic heterocycles. The zero-order valence-electron chi connectivity index (χ0n) is 26.9. The summed E-state index contributed by atoms with van der Waals surface area (Å²) in [4.78, 5) is 72.9. The number of phenolic OH excluding ortho intramolecular Hbond substituents is 1.